The van der Waals surface area contributed by atoms with Crippen molar-refractivity contribution in [1.29, 1.82) is 0 Å². The van der Waals surface area contributed by atoms with Gasteiger partial charge in [-0.05, 0) is 31.6 Å². The van der Waals surface area contributed by atoms with E-state index in [-0.39, 0.29) is 0 Å². The van der Waals surface area contributed by atoms with Gasteiger partial charge in [-0.15, -0.1) is 0 Å². The fourth-order valence-corrected chi connectivity index (χ4v) is 3.40. The van der Waals surface area contributed by atoms with Crippen LogP contribution in [0.4, 0.5) is 5.82 Å². The first-order valence-corrected chi connectivity index (χ1v) is 10.0. The second-order valence-corrected chi connectivity index (χ2v) is 7.09. The van der Waals surface area contributed by atoms with Crippen molar-refractivity contribution in [2.24, 2.45) is 5.92 Å². The van der Waals surface area contributed by atoms with Crippen LogP contribution in [0, 0.1) is 5.92 Å². The van der Waals surface area contributed by atoms with Crippen LogP contribution < -0.4 is 15.2 Å². The number of hydrogen-bond donors (Lipinski definition) is 1. The number of aromatic nitrogens is 4. The van der Waals surface area contributed by atoms with E-state index in [1.165, 1.54) is 19.3 Å². The number of nitrogens with two attached hydrogens (primary N) is 1. The normalized spacial score (nSPS) is 16.9. The van der Waals surface area contributed by atoms with Crippen molar-refractivity contribution in [3.8, 4) is 12.0 Å². The summed E-state index contributed by atoms with van der Waals surface area (Å²) in [5, 5.41) is 0. The van der Waals surface area contributed by atoms with Gasteiger partial charge in [0.25, 0.3) is 6.01 Å². The maximum atomic E-state index is 6.07. The monoisotopic (exact) mass is 377 g/mol. The molecule has 1 aliphatic heterocycles. The Kier molecular flexibility index (Phi) is 7.09. The number of rotatable bonds is 11. The van der Waals surface area contributed by atoms with E-state index in [1.807, 2.05) is 4.57 Å². The Hall–Kier alpha value is -2.09. The predicted octanol–water partition coefficient (Wildman–Crippen LogP) is 3.19. The summed E-state index contributed by atoms with van der Waals surface area (Å²) in [6, 6.07) is 0.819. The summed E-state index contributed by atoms with van der Waals surface area (Å²) in [6.45, 7) is 5.33. The minimum absolute atomic E-state index is 0.304. The van der Waals surface area contributed by atoms with Gasteiger partial charge >= 0.3 is 6.01 Å². The summed E-state index contributed by atoms with van der Waals surface area (Å²) < 4.78 is 18.5. The summed E-state index contributed by atoms with van der Waals surface area (Å²) in [5.74, 6) is 1.06. The number of fused-ring (bicyclic) bond motifs is 1. The van der Waals surface area contributed by atoms with Crippen molar-refractivity contribution >= 4 is 17.0 Å². The number of unbranched alkanes of at least 4 members (excludes halogenated alkanes) is 3. The Labute approximate surface area is 160 Å². The molecule has 0 aliphatic carbocycles. The third-order valence-corrected chi connectivity index (χ3v) is 5.00. The Morgan fingerprint density at radius 1 is 1.19 bits per heavy atom. The summed E-state index contributed by atoms with van der Waals surface area (Å²) in [5.41, 5.74) is 7.31. The molecule has 0 spiro atoms. The zero-order valence-corrected chi connectivity index (χ0v) is 16.4. The molecule has 8 heteroatoms. The van der Waals surface area contributed by atoms with Gasteiger partial charge in [0, 0.05) is 19.8 Å². The van der Waals surface area contributed by atoms with Crippen LogP contribution in [-0.4, -0.2) is 46.4 Å². The minimum atomic E-state index is 0.304. The number of ether oxygens (including phenoxy) is 3. The molecule has 150 valence electrons. The average Bonchev–Trinajstić information content (AvgIpc) is 3.30. The summed E-state index contributed by atoms with van der Waals surface area (Å²) in [7, 11) is 1.61. The lowest BCUT2D eigenvalue weighted by Crippen LogP contribution is -2.06. The minimum Gasteiger partial charge on any atom is -0.468 e. The van der Waals surface area contributed by atoms with Gasteiger partial charge in [0.1, 0.15) is 0 Å². The van der Waals surface area contributed by atoms with E-state index in [1.54, 1.807) is 7.11 Å². The third kappa shape index (κ3) is 5.00. The lowest BCUT2D eigenvalue weighted by atomic mass is 10.0. The van der Waals surface area contributed by atoms with Crippen LogP contribution in [0.5, 0.6) is 12.0 Å². The van der Waals surface area contributed by atoms with E-state index in [0.29, 0.717) is 35.6 Å². The topological polar surface area (TPSA) is 97.3 Å². The summed E-state index contributed by atoms with van der Waals surface area (Å²) >= 11 is 0. The maximum Gasteiger partial charge on any atom is 0.320 e. The van der Waals surface area contributed by atoms with Crippen molar-refractivity contribution in [2.45, 2.75) is 58.4 Å². The van der Waals surface area contributed by atoms with E-state index in [4.69, 9.17) is 19.9 Å². The molecule has 1 atom stereocenters. The molecule has 0 aromatic carbocycles. The quantitative estimate of drug-likeness (QED) is 0.601. The molecule has 3 rings (SSSR count). The van der Waals surface area contributed by atoms with E-state index >= 15 is 0 Å². The highest BCUT2D eigenvalue weighted by Gasteiger charge is 2.18. The largest absolute Gasteiger partial charge is 0.468 e. The molecule has 2 aromatic rings. The lowest BCUT2D eigenvalue weighted by Gasteiger charge is -2.09. The molecular formula is C19H31N5O3. The molecule has 0 saturated carbocycles. The molecule has 0 radical (unpaired) electrons. The third-order valence-electron chi connectivity index (χ3n) is 5.00. The molecule has 1 aliphatic rings. The van der Waals surface area contributed by atoms with Gasteiger partial charge in [-0.25, -0.2) is 0 Å². The first-order valence-electron chi connectivity index (χ1n) is 10.0. The molecule has 3 heterocycles. The number of imidazole rings is 1. The highest BCUT2D eigenvalue weighted by molar-refractivity contribution is 5.83. The van der Waals surface area contributed by atoms with Crippen LogP contribution in [-0.2, 0) is 11.3 Å². The van der Waals surface area contributed by atoms with E-state index in [0.717, 1.165) is 51.4 Å². The fourth-order valence-electron chi connectivity index (χ4n) is 3.40. The Balaban J connectivity index is 1.64. The van der Waals surface area contributed by atoms with Crippen LogP contribution in [0.3, 0.4) is 0 Å². The first kappa shape index (κ1) is 19.7. The van der Waals surface area contributed by atoms with E-state index in [2.05, 4.69) is 21.9 Å². The predicted molar refractivity (Wildman–Crippen MR) is 104 cm³/mol. The van der Waals surface area contributed by atoms with Crippen LogP contribution in [0.2, 0.25) is 0 Å². The summed E-state index contributed by atoms with van der Waals surface area (Å²) in [4.78, 5) is 13.2. The molecule has 8 nitrogen and oxygen atoms in total. The number of methoxy groups -OCH3 is 1. The maximum absolute atomic E-state index is 6.07. The Morgan fingerprint density at radius 3 is 2.81 bits per heavy atom. The van der Waals surface area contributed by atoms with Crippen LogP contribution >= 0.6 is 0 Å². The molecule has 0 bridgehead atoms. The highest BCUT2D eigenvalue weighted by atomic mass is 16.5. The number of nitrogens with zero attached hydrogens (tertiary/aromatic N) is 4. The molecule has 1 fully saturated rings. The van der Waals surface area contributed by atoms with Gasteiger partial charge in [-0.1, -0.05) is 26.2 Å². The second kappa shape index (κ2) is 9.73. The molecule has 1 unspecified atom stereocenters. The van der Waals surface area contributed by atoms with Crippen molar-refractivity contribution in [3.05, 3.63) is 0 Å². The number of hydrogen-bond acceptors (Lipinski definition) is 7. The van der Waals surface area contributed by atoms with Gasteiger partial charge in [-0.3, -0.25) is 4.57 Å². The Morgan fingerprint density at radius 2 is 2.07 bits per heavy atom. The van der Waals surface area contributed by atoms with E-state index < -0.39 is 0 Å². The lowest BCUT2D eigenvalue weighted by molar-refractivity contribution is 0.183. The smallest absolute Gasteiger partial charge is 0.320 e. The standard InChI is InChI=1S/C19H31N5O3/c1-3-4-11-27-18-22-16(20)15-17(23-18)24(19(21-15)25-2)10-7-5-6-8-14-9-12-26-13-14/h14H,3-13H2,1-2H3,(H2,20,22,23). The highest BCUT2D eigenvalue weighted by Crippen LogP contribution is 2.26. The van der Waals surface area contributed by atoms with Crippen molar-refractivity contribution < 1.29 is 14.2 Å². The first-order chi connectivity index (χ1) is 13.2. The second-order valence-electron chi connectivity index (χ2n) is 7.09. The molecule has 27 heavy (non-hydrogen) atoms. The van der Waals surface area contributed by atoms with Crippen molar-refractivity contribution in [2.75, 3.05) is 32.7 Å². The van der Waals surface area contributed by atoms with Gasteiger partial charge < -0.3 is 19.9 Å². The Bertz CT molecular complexity index is 728. The van der Waals surface area contributed by atoms with Crippen molar-refractivity contribution in [1.82, 2.24) is 19.5 Å². The van der Waals surface area contributed by atoms with Gasteiger partial charge in [0.15, 0.2) is 17.0 Å². The molecule has 0 amide bonds. The molecule has 1 saturated heterocycles. The SMILES string of the molecule is CCCCOc1nc(N)c2nc(OC)n(CCCCCC3CCOC3)c2n1. The summed E-state index contributed by atoms with van der Waals surface area (Å²) in [6.07, 6.45) is 7.85. The van der Waals surface area contributed by atoms with Gasteiger partial charge in [-0.2, -0.15) is 15.0 Å². The van der Waals surface area contributed by atoms with E-state index in [9.17, 15) is 0 Å². The fraction of sp³-hybridized carbons (Fsp3) is 0.737. The zero-order chi connectivity index (χ0) is 19.1. The number of aryl methyl sites for hydroxylation is 1. The molecule has 2 aromatic heterocycles. The van der Waals surface area contributed by atoms with Crippen LogP contribution in [0.25, 0.3) is 11.2 Å². The molecule has 2 N–H and O–H groups in total. The number of anilines is 1. The zero-order valence-electron chi connectivity index (χ0n) is 16.4. The average molecular weight is 377 g/mol. The van der Waals surface area contributed by atoms with Gasteiger partial charge in [0.2, 0.25) is 0 Å². The number of nitrogen functional groups attached to an aromatic ring is 1. The van der Waals surface area contributed by atoms with Crippen LogP contribution in [0.1, 0.15) is 51.9 Å². The van der Waals surface area contributed by atoms with Crippen LogP contribution in [0.15, 0.2) is 0 Å². The van der Waals surface area contributed by atoms with Crippen molar-refractivity contribution in [3.63, 3.8) is 0 Å². The van der Waals surface area contributed by atoms with Gasteiger partial charge in [0.05, 0.1) is 13.7 Å². The molecular weight excluding hydrogens is 346 g/mol.